The number of Topliss-reactive ketones (excluding diaryl/α,β-unsaturated/α-hetero) is 1. The molecule has 0 heterocycles. The molecule has 0 N–H and O–H groups in total. The first kappa shape index (κ1) is 15.7. The highest BCUT2D eigenvalue weighted by molar-refractivity contribution is 9.09. The molecule has 0 bridgehead atoms. The van der Waals surface area contributed by atoms with Crippen molar-refractivity contribution in [1.82, 2.24) is 0 Å². The van der Waals surface area contributed by atoms with Crippen molar-refractivity contribution in [3.05, 3.63) is 29.8 Å². The Bertz CT molecular complexity index is 414. The molecular formula is C14H17BrO4. The fourth-order valence-corrected chi connectivity index (χ4v) is 1.84. The van der Waals surface area contributed by atoms with Gasteiger partial charge >= 0.3 is 5.97 Å². The SMILES string of the molecule is COc1ccc(C(=O)COC(=O)CCCCBr)cc1. The molecule has 0 radical (unpaired) electrons. The van der Waals surface area contributed by atoms with Crippen molar-refractivity contribution in [2.75, 3.05) is 19.0 Å². The minimum atomic E-state index is -0.331. The Kier molecular flexibility index (Phi) is 7.18. The Hall–Kier alpha value is -1.36. The van der Waals surface area contributed by atoms with Gasteiger partial charge in [-0.3, -0.25) is 9.59 Å². The van der Waals surface area contributed by atoms with E-state index in [9.17, 15) is 9.59 Å². The number of carbonyl (C=O) groups is 2. The maximum Gasteiger partial charge on any atom is 0.306 e. The summed E-state index contributed by atoms with van der Waals surface area (Å²) in [6, 6.07) is 6.70. The van der Waals surface area contributed by atoms with Gasteiger partial charge in [-0.15, -0.1) is 0 Å². The van der Waals surface area contributed by atoms with Gasteiger partial charge in [-0.25, -0.2) is 0 Å². The zero-order chi connectivity index (χ0) is 14.1. The molecule has 0 aliphatic heterocycles. The molecule has 19 heavy (non-hydrogen) atoms. The number of halogens is 1. The summed E-state index contributed by atoms with van der Waals surface area (Å²) < 4.78 is 9.93. The first-order chi connectivity index (χ1) is 9.17. The van der Waals surface area contributed by atoms with E-state index < -0.39 is 0 Å². The van der Waals surface area contributed by atoms with Crippen LogP contribution in [0.3, 0.4) is 0 Å². The van der Waals surface area contributed by atoms with E-state index in [1.165, 1.54) is 0 Å². The Balaban J connectivity index is 2.35. The summed E-state index contributed by atoms with van der Waals surface area (Å²) in [4.78, 5) is 23.1. The lowest BCUT2D eigenvalue weighted by atomic mass is 10.1. The number of ether oxygens (including phenoxy) is 2. The van der Waals surface area contributed by atoms with E-state index in [-0.39, 0.29) is 18.4 Å². The van der Waals surface area contributed by atoms with Gasteiger partial charge in [0.2, 0.25) is 0 Å². The fraction of sp³-hybridized carbons (Fsp3) is 0.429. The quantitative estimate of drug-likeness (QED) is 0.318. The summed E-state index contributed by atoms with van der Waals surface area (Å²) in [6.07, 6.45) is 2.03. The van der Waals surface area contributed by atoms with E-state index in [4.69, 9.17) is 9.47 Å². The largest absolute Gasteiger partial charge is 0.497 e. The zero-order valence-electron chi connectivity index (χ0n) is 10.9. The molecule has 4 nitrogen and oxygen atoms in total. The third kappa shape index (κ3) is 5.87. The van der Waals surface area contributed by atoms with Crippen molar-refractivity contribution in [2.24, 2.45) is 0 Å². The molecule has 0 saturated carbocycles. The maximum absolute atomic E-state index is 11.8. The molecule has 0 aliphatic rings. The molecule has 0 fully saturated rings. The van der Waals surface area contributed by atoms with Crippen molar-refractivity contribution < 1.29 is 19.1 Å². The number of ketones is 1. The monoisotopic (exact) mass is 328 g/mol. The number of hydrogen-bond donors (Lipinski definition) is 0. The van der Waals surface area contributed by atoms with Gasteiger partial charge in [0.1, 0.15) is 5.75 Å². The van der Waals surface area contributed by atoms with Crippen LogP contribution in [0.25, 0.3) is 0 Å². The number of unbranched alkanes of at least 4 members (excludes halogenated alkanes) is 1. The molecule has 0 amide bonds. The predicted molar refractivity (Wildman–Crippen MR) is 75.9 cm³/mol. The third-order valence-corrected chi connectivity index (χ3v) is 3.10. The van der Waals surface area contributed by atoms with Crippen LogP contribution in [0.15, 0.2) is 24.3 Å². The molecule has 0 atom stereocenters. The van der Waals surface area contributed by atoms with Crippen LogP contribution in [0, 0.1) is 0 Å². The Morgan fingerprint density at radius 1 is 1.16 bits per heavy atom. The number of carbonyl (C=O) groups excluding carboxylic acids is 2. The first-order valence-electron chi connectivity index (χ1n) is 6.06. The Morgan fingerprint density at radius 2 is 1.84 bits per heavy atom. The molecule has 0 unspecified atom stereocenters. The van der Waals surface area contributed by atoms with E-state index in [1.54, 1.807) is 31.4 Å². The van der Waals surface area contributed by atoms with Crippen LogP contribution in [-0.2, 0) is 9.53 Å². The van der Waals surface area contributed by atoms with Gasteiger partial charge in [0.25, 0.3) is 0 Å². The second kappa shape index (κ2) is 8.69. The molecule has 0 spiro atoms. The fourth-order valence-electron chi connectivity index (χ4n) is 1.44. The highest BCUT2D eigenvalue weighted by atomic mass is 79.9. The molecule has 1 aromatic rings. The third-order valence-electron chi connectivity index (χ3n) is 2.54. The zero-order valence-corrected chi connectivity index (χ0v) is 12.4. The van der Waals surface area contributed by atoms with Gasteiger partial charge in [-0.2, -0.15) is 0 Å². The normalized spacial score (nSPS) is 10.0. The van der Waals surface area contributed by atoms with Crippen LogP contribution in [-0.4, -0.2) is 30.8 Å². The van der Waals surface area contributed by atoms with Crippen LogP contribution in [0.2, 0.25) is 0 Å². The summed E-state index contributed by atoms with van der Waals surface area (Å²) >= 11 is 3.29. The number of benzene rings is 1. The molecule has 0 aromatic heterocycles. The van der Waals surface area contributed by atoms with Crippen molar-refractivity contribution in [3.63, 3.8) is 0 Å². The lowest BCUT2D eigenvalue weighted by molar-refractivity contribution is -0.142. The standard InChI is InChI=1S/C14H17BrO4/c1-18-12-7-5-11(6-8-12)13(16)10-19-14(17)4-2-3-9-15/h5-8H,2-4,9-10H2,1H3. The lowest BCUT2D eigenvalue weighted by Crippen LogP contribution is -2.13. The summed E-state index contributed by atoms with van der Waals surface area (Å²) in [7, 11) is 1.56. The van der Waals surface area contributed by atoms with Crippen molar-refractivity contribution >= 4 is 27.7 Å². The van der Waals surface area contributed by atoms with Crippen LogP contribution in [0.4, 0.5) is 0 Å². The minimum absolute atomic E-state index is 0.209. The molecule has 104 valence electrons. The second-order valence-electron chi connectivity index (χ2n) is 3.96. The average molecular weight is 329 g/mol. The predicted octanol–water partition coefficient (Wildman–Crippen LogP) is 2.99. The van der Waals surface area contributed by atoms with Crippen LogP contribution >= 0.6 is 15.9 Å². The Morgan fingerprint density at radius 3 is 2.42 bits per heavy atom. The highest BCUT2D eigenvalue weighted by Gasteiger charge is 2.09. The molecule has 1 rings (SSSR count). The van der Waals surface area contributed by atoms with Crippen LogP contribution < -0.4 is 4.74 Å². The van der Waals surface area contributed by atoms with Gasteiger partial charge in [0, 0.05) is 17.3 Å². The van der Waals surface area contributed by atoms with Gasteiger partial charge in [-0.1, -0.05) is 15.9 Å². The minimum Gasteiger partial charge on any atom is -0.497 e. The summed E-state index contributed by atoms with van der Waals surface area (Å²) in [5.74, 6) is 0.141. The van der Waals surface area contributed by atoms with Crippen molar-refractivity contribution in [3.8, 4) is 5.75 Å². The number of esters is 1. The van der Waals surface area contributed by atoms with Gasteiger partial charge in [-0.05, 0) is 37.1 Å². The maximum atomic E-state index is 11.8. The molecule has 0 saturated heterocycles. The molecule has 5 heteroatoms. The van der Waals surface area contributed by atoms with E-state index in [1.807, 2.05) is 0 Å². The van der Waals surface area contributed by atoms with Crippen LogP contribution in [0.1, 0.15) is 29.6 Å². The van der Waals surface area contributed by atoms with Gasteiger partial charge in [0.15, 0.2) is 12.4 Å². The lowest BCUT2D eigenvalue weighted by Gasteiger charge is -2.05. The van der Waals surface area contributed by atoms with E-state index >= 15 is 0 Å². The van der Waals surface area contributed by atoms with E-state index in [0.29, 0.717) is 17.7 Å². The molecule has 1 aromatic carbocycles. The topological polar surface area (TPSA) is 52.6 Å². The van der Waals surface area contributed by atoms with Crippen LogP contribution in [0.5, 0.6) is 5.75 Å². The van der Waals surface area contributed by atoms with Crippen molar-refractivity contribution in [1.29, 1.82) is 0 Å². The van der Waals surface area contributed by atoms with E-state index in [0.717, 1.165) is 18.2 Å². The Labute approximate surface area is 121 Å². The molecular weight excluding hydrogens is 312 g/mol. The van der Waals surface area contributed by atoms with Gasteiger partial charge in [0.05, 0.1) is 7.11 Å². The summed E-state index contributed by atoms with van der Waals surface area (Å²) in [5, 5.41) is 0.866. The molecule has 0 aliphatic carbocycles. The smallest absolute Gasteiger partial charge is 0.306 e. The number of methoxy groups -OCH3 is 1. The summed E-state index contributed by atoms with van der Waals surface area (Å²) in [6.45, 7) is -0.209. The van der Waals surface area contributed by atoms with Gasteiger partial charge < -0.3 is 9.47 Å². The average Bonchev–Trinajstić information content (AvgIpc) is 2.45. The number of hydrogen-bond acceptors (Lipinski definition) is 4. The number of rotatable bonds is 8. The number of alkyl halides is 1. The second-order valence-corrected chi connectivity index (χ2v) is 4.75. The van der Waals surface area contributed by atoms with Crippen molar-refractivity contribution in [2.45, 2.75) is 19.3 Å². The highest BCUT2D eigenvalue weighted by Crippen LogP contribution is 2.12. The van der Waals surface area contributed by atoms with E-state index in [2.05, 4.69) is 15.9 Å². The summed E-state index contributed by atoms with van der Waals surface area (Å²) in [5.41, 5.74) is 0.508. The first-order valence-corrected chi connectivity index (χ1v) is 7.18.